The van der Waals surface area contributed by atoms with Crippen molar-refractivity contribution in [3.05, 3.63) is 17.7 Å². The Bertz CT molecular complexity index is 382. The van der Waals surface area contributed by atoms with Crippen LogP contribution in [-0.4, -0.2) is 27.9 Å². The number of hydrogen-bond acceptors (Lipinski definition) is 4. The summed E-state index contributed by atoms with van der Waals surface area (Å²) in [5.74, 6) is 2.65. The predicted molar refractivity (Wildman–Crippen MR) is 81.9 cm³/mol. The van der Waals surface area contributed by atoms with E-state index >= 15 is 0 Å². The molecule has 0 fully saturated rings. The van der Waals surface area contributed by atoms with E-state index in [1.54, 1.807) is 14.2 Å². The minimum atomic E-state index is 0.520. The molecule has 0 bridgehead atoms. The Kier molecular flexibility index (Phi) is 7.23. The first-order chi connectivity index (χ1) is 9.65. The van der Waals surface area contributed by atoms with Crippen molar-refractivity contribution in [2.75, 3.05) is 27.9 Å². The molecule has 1 aromatic rings. The van der Waals surface area contributed by atoms with Gasteiger partial charge < -0.3 is 19.5 Å². The molecule has 114 valence electrons. The molecule has 0 heterocycles. The summed E-state index contributed by atoms with van der Waals surface area (Å²) in [6.07, 6.45) is 2.32. The van der Waals surface area contributed by atoms with E-state index in [-0.39, 0.29) is 0 Å². The van der Waals surface area contributed by atoms with Gasteiger partial charge in [0.1, 0.15) is 0 Å². The van der Waals surface area contributed by atoms with Crippen LogP contribution in [0.4, 0.5) is 0 Å². The summed E-state index contributed by atoms with van der Waals surface area (Å²) in [6, 6.07) is 3.97. The molecular formula is C16H27NO3. The van der Waals surface area contributed by atoms with Crippen molar-refractivity contribution in [3.63, 3.8) is 0 Å². The fourth-order valence-electron chi connectivity index (χ4n) is 2.18. The molecule has 1 aromatic carbocycles. The number of ether oxygens (including phenoxy) is 3. The molecule has 1 rings (SSSR count). The molecule has 0 aromatic heterocycles. The van der Waals surface area contributed by atoms with Gasteiger partial charge in [-0.1, -0.05) is 20.3 Å². The molecular weight excluding hydrogens is 254 g/mol. The summed E-state index contributed by atoms with van der Waals surface area (Å²) >= 11 is 0. The van der Waals surface area contributed by atoms with Gasteiger partial charge in [0.15, 0.2) is 11.5 Å². The van der Waals surface area contributed by atoms with Crippen molar-refractivity contribution in [1.29, 1.82) is 0 Å². The van der Waals surface area contributed by atoms with Gasteiger partial charge in [0, 0.05) is 6.54 Å². The van der Waals surface area contributed by atoms with Crippen LogP contribution >= 0.6 is 0 Å². The zero-order chi connectivity index (χ0) is 15.0. The second kappa shape index (κ2) is 8.69. The number of hydrogen-bond donors (Lipinski definition) is 1. The van der Waals surface area contributed by atoms with Gasteiger partial charge in [0.05, 0.1) is 20.8 Å². The molecule has 1 atom stereocenters. The molecule has 4 heteroatoms. The van der Waals surface area contributed by atoms with Crippen LogP contribution < -0.4 is 19.5 Å². The Morgan fingerprint density at radius 1 is 1.15 bits per heavy atom. The molecule has 20 heavy (non-hydrogen) atoms. The average Bonchev–Trinajstić information content (AvgIpc) is 2.45. The highest BCUT2D eigenvalue weighted by atomic mass is 16.5. The monoisotopic (exact) mass is 281 g/mol. The molecule has 0 aliphatic heterocycles. The molecule has 0 radical (unpaired) electrons. The van der Waals surface area contributed by atoms with Crippen molar-refractivity contribution in [2.45, 2.75) is 33.2 Å². The Morgan fingerprint density at radius 3 is 2.20 bits per heavy atom. The van der Waals surface area contributed by atoms with Gasteiger partial charge in [-0.2, -0.15) is 0 Å². The van der Waals surface area contributed by atoms with Crippen molar-refractivity contribution in [3.8, 4) is 17.2 Å². The third-order valence-corrected chi connectivity index (χ3v) is 3.19. The zero-order valence-corrected chi connectivity index (χ0v) is 13.3. The summed E-state index contributed by atoms with van der Waals surface area (Å²) in [5, 5.41) is 3.12. The second-order valence-corrected chi connectivity index (χ2v) is 5.06. The lowest BCUT2D eigenvalue weighted by Crippen LogP contribution is -2.11. The van der Waals surface area contributed by atoms with Crippen LogP contribution in [0.25, 0.3) is 0 Å². The topological polar surface area (TPSA) is 39.7 Å². The maximum atomic E-state index is 5.93. The largest absolute Gasteiger partial charge is 0.493 e. The summed E-state index contributed by atoms with van der Waals surface area (Å²) < 4.78 is 16.8. The minimum absolute atomic E-state index is 0.520. The van der Waals surface area contributed by atoms with Gasteiger partial charge in [-0.05, 0) is 37.1 Å². The summed E-state index contributed by atoms with van der Waals surface area (Å²) in [6.45, 7) is 5.81. The summed E-state index contributed by atoms with van der Waals surface area (Å²) in [7, 11) is 5.22. The molecule has 1 N–H and O–H groups in total. The van der Waals surface area contributed by atoms with Crippen LogP contribution in [-0.2, 0) is 6.54 Å². The van der Waals surface area contributed by atoms with Crippen molar-refractivity contribution < 1.29 is 14.2 Å². The second-order valence-electron chi connectivity index (χ2n) is 5.06. The highest BCUT2D eigenvalue weighted by Gasteiger charge is 2.15. The number of rotatable bonds is 9. The van der Waals surface area contributed by atoms with E-state index in [4.69, 9.17) is 14.2 Å². The normalized spacial score (nSPS) is 12.1. The number of methoxy groups -OCH3 is 2. The van der Waals surface area contributed by atoms with E-state index in [0.717, 1.165) is 30.0 Å². The average molecular weight is 281 g/mol. The van der Waals surface area contributed by atoms with Crippen LogP contribution in [0, 0.1) is 5.92 Å². The Morgan fingerprint density at radius 2 is 1.75 bits per heavy atom. The molecule has 0 aliphatic rings. The highest BCUT2D eigenvalue weighted by Crippen LogP contribution is 2.38. The molecule has 0 saturated carbocycles. The molecule has 0 amide bonds. The van der Waals surface area contributed by atoms with Crippen LogP contribution in [0.5, 0.6) is 17.2 Å². The maximum absolute atomic E-state index is 5.93. The van der Waals surface area contributed by atoms with E-state index < -0.39 is 0 Å². The smallest absolute Gasteiger partial charge is 0.203 e. The van der Waals surface area contributed by atoms with Crippen LogP contribution in [0.3, 0.4) is 0 Å². The van der Waals surface area contributed by atoms with Crippen molar-refractivity contribution >= 4 is 0 Å². The highest BCUT2D eigenvalue weighted by molar-refractivity contribution is 5.53. The van der Waals surface area contributed by atoms with E-state index in [0.29, 0.717) is 18.3 Å². The van der Waals surface area contributed by atoms with E-state index in [1.165, 1.54) is 6.42 Å². The fraction of sp³-hybridized carbons (Fsp3) is 0.625. The van der Waals surface area contributed by atoms with Crippen molar-refractivity contribution in [2.24, 2.45) is 5.92 Å². The molecule has 1 unspecified atom stereocenters. The SMILES string of the molecule is CCCC(C)COc1c(OC)cc(CNC)cc1OC. The lowest BCUT2D eigenvalue weighted by molar-refractivity contribution is 0.229. The van der Waals surface area contributed by atoms with Gasteiger partial charge in [-0.25, -0.2) is 0 Å². The molecule has 0 aliphatic carbocycles. The van der Waals surface area contributed by atoms with E-state index in [2.05, 4.69) is 19.2 Å². The molecule has 4 nitrogen and oxygen atoms in total. The van der Waals surface area contributed by atoms with E-state index in [9.17, 15) is 0 Å². The standard InChI is InChI=1S/C16H27NO3/c1-6-7-12(2)11-20-16-14(18-4)8-13(10-17-3)9-15(16)19-5/h8-9,12,17H,6-7,10-11H2,1-5H3. The number of nitrogens with one attached hydrogen (secondary N) is 1. The Labute approximate surface area is 122 Å². The third kappa shape index (κ3) is 4.60. The van der Waals surface area contributed by atoms with Crippen LogP contribution in [0.2, 0.25) is 0 Å². The fourth-order valence-corrected chi connectivity index (χ4v) is 2.18. The maximum Gasteiger partial charge on any atom is 0.203 e. The van der Waals surface area contributed by atoms with E-state index in [1.807, 2.05) is 19.2 Å². The Balaban J connectivity index is 2.92. The van der Waals surface area contributed by atoms with Gasteiger partial charge in [0.2, 0.25) is 5.75 Å². The summed E-state index contributed by atoms with van der Waals surface area (Å²) in [5.41, 5.74) is 1.11. The lowest BCUT2D eigenvalue weighted by atomic mass is 10.1. The number of benzene rings is 1. The van der Waals surface area contributed by atoms with Crippen molar-refractivity contribution in [1.82, 2.24) is 5.32 Å². The van der Waals surface area contributed by atoms with Gasteiger partial charge in [-0.15, -0.1) is 0 Å². The van der Waals surface area contributed by atoms with Gasteiger partial charge >= 0.3 is 0 Å². The first-order valence-corrected chi connectivity index (χ1v) is 7.18. The minimum Gasteiger partial charge on any atom is -0.493 e. The lowest BCUT2D eigenvalue weighted by Gasteiger charge is -2.18. The molecule has 0 saturated heterocycles. The third-order valence-electron chi connectivity index (χ3n) is 3.19. The van der Waals surface area contributed by atoms with Crippen LogP contribution in [0.15, 0.2) is 12.1 Å². The Hall–Kier alpha value is -1.42. The van der Waals surface area contributed by atoms with Crippen LogP contribution in [0.1, 0.15) is 32.3 Å². The first-order valence-electron chi connectivity index (χ1n) is 7.18. The zero-order valence-electron chi connectivity index (χ0n) is 13.3. The molecule has 0 spiro atoms. The predicted octanol–water partition coefficient (Wildman–Crippen LogP) is 3.24. The summed E-state index contributed by atoms with van der Waals surface area (Å²) in [4.78, 5) is 0. The quantitative estimate of drug-likeness (QED) is 0.754. The van der Waals surface area contributed by atoms with Gasteiger partial charge in [-0.3, -0.25) is 0 Å². The first kappa shape index (κ1) is 16.6. The van der Waals surface area contributed by atoms with Gasteiger partial charge in [0.25, 0.3) is 0 Å².